The van der Waals surface area contributed by atoms with E-state index < -0.39 is 33.7 Å². The molecule has 200 valence electrons. The molecule has 0 aliphatic rings. The molecule has 1 atom stereocenters. The van der Waals surface area contributed by atoms with E-state index in [-0.39, 0.29) is 37.9 Å². The molecule has 0 aromatic rings. The molecule has 0 fully saturated rings. The van der Waals surface area contributed by atoms with Gasteiger partial charge < -0.3 is 19.9 Å². The van der Waals surface area contributed by atoms with Gasteiger partial charge in [0, 0.05) is 0 Å². The first-order chi connectivity index (χ1) is 16.2. The minimum Gasteiger partial charge on any atom is -0.862 e. The van der Waals surface area contributed by atoms with Crippen LogP contribution in [0.1, 0.15) is 116 Å². The van der Waals surface area contributed by atoms with Crippen molar-refractivity contribution in [2.45, 2.75) is 121 Å². The molecule has 0 bridgehead atoms. The number of nitrogens with zero attached hydrogens (tertiary/aromatic N) is 1. The van der Waals surface area contributed by atoms with Gasteiger partial charge in [-0.25, -0.2) is 0 Å². The minimum absolute atomic E-state index is 0. The van der Waals surface area contributed by atoms with Crippen molar-refractivity contribution in [2.75, 3.05) is 13.2 Å². The number of rotatable bonds is 23. The summed E-state index contributed by atoms with van der Waals surface area (Å²) in [5.41, 5.74) is 0. The molecule has 1 unspecified atom stereocenters. The standard InChI is InChI=1S/C24H45NO8S.Li/c1-2-3-4-5-6-7-8-9-10-11-12-13-14-15-16-17-22(26)25-18-19-33-24(29)21(20-23(27)28)34(30,31)32;/h21H,2-20H2,1H3,(H,25,26)(H,27,28)(H,30,31,32);/q;+1/p-1. The molecule has 0 saturated carbocycles. The number of esters is 1. The van der Waals surface area contributed by atoms with Crippen LogP contribution in [0.15, 0.2) is 4.99 Å². The summed E-state index contributed by atoms with van der Waals surface area (Å²) in [6.07, 6.45) is 17.8. The van der Waals surface area contributed by atoms with Crippen LogP contribution >= 0.6 is 0 Å². The zero-order valence-electron chi connectivity index (χ0n) is 21.7. The van der Waals surface area contributed by atoms with Gasteiger partial charge in [-0.1, -0.05) is 96.8 Å². The van der Waals surface area contributed by atoms with Crippen LogP contribution in [0.4, 0.5) is 0 Å². The number of carboxylic acids is 1. The molecule has 0 aliphatic carbocycles. The Morgan fingerprint density at radius 1 is 0.857 bits per heavy atom. The second kappa shape index (κ2) is 23.3. The molecular weight excluding hydrogens is 469 g/mol. The Kier molecular flexibility index (Phi) is 24.0. The number of unbranched alkanes of at least 4 members (excludes halogenated alkanes) is 14. The summed E-state index contributed by atoms with van der Waals surface area (Å²) in [7, 11) is -4.90. The fourth-order valence-corrected chi connectivity index (χ4v) is 4.27. The Morgan fingerprint density at radius 3 is 1.69 bits per heavy atom. The van der Waals surface area contributed by atoms with Crippen LogP contribution in [0.3, 0.4) is 0 Å². The number of carbonyl (C=O) groups excluding carboxylic acids is 1. The molecule has 9 nitrogen and oxygen atoms in total. The smallest absolute Gasteiger partial charge is 0.862 e. The van der Waals surface area contributed by atoms with Crippen LogP contribution in [-0.2, 0) is 24.4 Å². The predicted octanol–water partition coefficient (Wildman–Crippen LogP) is 1.29. The van der Waals surface area contributed by atoms with Crippen LogP contribution < -0.4 is 24.0 Å². The van der Waals surface area contributed by atoms with Gasteiger partial charge in [0.2, 0.25) is 0 Å². The molecule has 35 heavy (non-hydrogen) atoms. The van der Waals surface area contributed by atoms with E-state index in [1.54, 1.807) is 0 Å². The summed E-state index contributed by atoms with van der Waals surface area (Å²) in [5, 5.41) is 18.2. The third-order valence-corrected chi connectivity index (χ3v) is 6.68. The molecule has 0 saturated heterocycles. The second-order valence-corrected chi connectivity index (χ2v) is 10.3. The number of carboxylic acid groups (broad SMARTS) is 1. The first-order valence-electron chi connectivity index (χ1n) is 12.7. The fourth-order valence-electron chi connectivity index (χ4n) is 3.60. The maximum atomic E-state index is 11.7. The zero-order valence-corrected chi connectivity index (χ0v) is 22.5. The van der Waals surface area contributed by atoms with E-state index in [1.165, 1.54) is 77.0 Å². The van der Waals surface area contributed by atoms with Crippen molar-refractivity contribution in [3.8, 4) is 0 Å². The molecule has 11 heteroatoms. The van der Waals surface area contributed by atoms with E-state index >= 15 is 0 Å². The van der Waals surface area contributed by atoms with Gasteiger partial charge in [0.15, 0.2) is 5.25 Å². The van der Waals surface area contributed by atoms with Crippen molar-refractivity contribution in [1.82, 2.24) is 0 Å². The van der Waals surface area contributed by atoms with E-state index in [0.717, 1.165) is 19.3 Å². The predicted molar refractivity (Wildman–Crippen MR) is 130 cm³/mol. The first kappa shape index (κ1) is 36.1. The maximum absolute atomic E-state index is 11.7. The largest absolute Gasteiger partial charge is 1.00 e. The summed E-state index contributed by atoms with van der Waals surface area (Å²) < 4.78 is 35.7. The topological polar surface area (TPSA) is 153 Å². The summed E-state index contributed by atoms with van der Waals surface area (Å²) in [6, 6.07) is 0. The van der Waals surface area contributed by atoms with Crippen molar-refractivity contribution >= 4 is 28.0 Å². The number of hydrogen-bond donors (Lipinski definition) is 2. The van der Waals surface area contributed by atoms with Gasteiger partial charge in [0.05, 0.1) is 13.0 Å². The third kappa shape index (κ3) is 23.1. The average molecular weight is 514 g/mol. The first-order valence-corrected chi connectivity index (χ1v) is 14.2. The van der Waals surface area contributed by atoms with Gasteiger partial charge in [-0.2, -0.15) is 8.42 Å². The number of aliphatic imine (C=N–C) groups is 1. The SMILES string of the molecule is CCCCCCCCCCCCCCCCCC([O-])=NCCOC(=O)C(CC(=O)O)S(=O)(=O)O.[Li+]. The molecule has 0 aromatic heterocycles. The molecule has 0 radical (unpaired) electrons. The minimum atomic E-state index is -4.90. The van der Waals surface area contributed by atoms with E-state index in [1.807, 2.05) is 0 Å². The molecule has 0 amide bonds. The monoisotopic (exact) mass is 513 g/mol. The van der Waals surface area contributed by atoms with Crippen molar-refractivity contribution in [3.63, 3.8) is 0 Å². The summed E-state index contributed by atoms with van der Waals surface area (Å²) in [4.78, 5) is 26.0. The number of aliphatic carboxylic acids is 1. The van der Waals surface area contributed by atoms with E-state index in [2.05, 4.69) is 16.7 Å². The van der Waals surface area contributed by atoms with E-state index in [9.17, 15) is 23.1 Å². The quantitative estimate of drug-likeness (QED) is 0.0517. The molecular formula is C24H44LiNO8S. The molecule has 2 N–H and O–H groups in total. The van der Waals surface area contributed by atoms with Gasteiger partial charge in [-0.15, -0.1) is 0 Å². The fraction of sp³-hybridized carbons (Fsp3) is 0.875. The Hall–Kier alpha value is -1.08. The Labute approximate surface area is 223 Å². The summed E-state index contributed by atoms with van der Waals surface area (Å²) in [5.74, 6) is -3.26. The summed E-state index contributed by atoms with van der Waals surface area (Å²) in [6.45, 7) is 1.73. The average Bonchev–Trinajstić information content (AvgIpc) is 2.76. The van der Waals surface area contributed by atoms with Crippen LogP contribution in [0.25, 0.3) is 0 Å². The van der Waals surface area contributed by atoms with Gasteiger partial charge in [-0.3, -0.25) is 14.1 Å². The van der Waals surface area contributed by atoms with E-state index in [4.69, 9.17) is 9.66 Å². The normalized spacial score (nSPS) is 12.7. The molecule has 0 aromatic carbocycles. The zero-order chi connectivity index (χ0) is 25.7. The number of ether oxygens (including phenoxy) is 1. The van der Waals surface area contributed by atoms with Crippen molar-refractivity contribution in [3.05, 3.63) is 0 Å². The number of hydrogen-bond acceptors (Lipinski definition) is 7. The van der Waals surface area contributed by atoms with Crippen LogP contribution in [0.5, 0.6) is 0 Å². The van der Waals surface area contributed by atoms with Crippen molar-refractivity contribution in [2.24, 2.45) is 4.99 Å². The van der Waals surface area contributed by atoms with Gasteiger partial charge in [0.1, 0.15) is 6.61 Å². The van der Waals surface area contributed by atoms with Crippen LogP contribution in [-0.4, -0.2) is 54.3 Å². The van der Waals surface area contributed by atoms with Crippen LogP contribution in [0, 0.1) is 0 Å². The van der Waals surface area contributed by atoms with Crippen molar-refractivity contribution < 1.29 is 56.4 Å². The maximum Gasteiger partial charge on any atom is 1.00 e. The third-order valence-electron chi connectivity index (χ3n) is 5.60. The van der Waals surface area contributed by atoms with Gasteiger partial charge >= 0.3 is 30.8 Å². The molecule has 0 heterocycles. The summed E-state index contributed by atoms with van der Waals surface area (Å²) >= 11 is 0. The van der Waals surface area contributed by atoms with Crippen molar-refractivity contribution in [1.29, 1.82) is 0 Å². The van der Waals surface area contributed by atoms with Crippen LogP contribution in [0.2, 0.25) is 0 Å². The Morgan fingerprint density at radius 2 is 1.29 bits per heavy atom. The molecule has 0 rings (SSSR count). The van der Waals surface area contributed by atoms with Gasteiger partial charge in [-0.05, 0) is 18.7 Å². The Bertz CT molecular complexity index is 685. The van der Waals surface area contributed by atoms with Gasteiger partial charge in [0.25, 0.3) is 10.1 Å². The molecule has 0 aliphatic heterocycles. The Balaban J connectivity index is 0. The number of carbonyl (C=O) groups is 2. The molecule has 0 spiro atoms. The second-order valence-electron chi connectivity index (χ2n) is 8.74. The van der Waals surface area contributed by atoms with E-state index in [0.29, 0.717) is 6.42 Å².